The van der Waals surface area contributed by atoms with Crippen LogP contribution in [-0.2, 0) is 15.7 Å². The Hall–Kier alpha value is -3.08. The third kappa shape index (κ3) is 7.88. The van der Waals surface area contributed by atoms with Crippen molar-refractivity contribution in [2.45, 2.75) is 25.9 Å². The van der Waals surface area contributed by atoms with E-state index in [9.17, 15) is 18.0 Å². The number of hydrogen-bond donors (Lipinski definition) is 1. The summed E-state index contributed by atoms with van der Waals surface area (Å²) in [7, 11) is 3.13. The molecule has 0 bridgehead atoms. The van der Waals surface area contributed by atoms with Crippen molar-refractivity contribution < 1.29 is 32.2 Å². The SMILES string of the molecule is CCOCC(=O)NC.COc1cc(Oc2cnc(C(F)(F)F)nc2)cc(N2CCCC2)c1. The first-order valence-electron chi connectivity index (χ1n) is 10.1. The van der Waals surface area contributed by atoms with Gasteiger partial charge in [-0.25, -0.2) is 9.97 Å². The van der Waals surface area contributed by atoms with Gasteiger partial charge in [-0.2, -0.15) is 13.2 Å². The van der Waals surface area contributed by atoms with Gasteiger partial charge in [-0.3, -0.25) is 4.79 Å². The van der Waals surface area contributed by atoms with E-state index >= 15 is 0 Å². The number of ether oxygens (including phenoxy) is 3. The minimum Gasteiger partial charge on any atom is -0.497 e. The van der Waals surface area contributed by atoms with Crippen molar-refractivity contribution in [3.63, 3.8) is 0 Å². The lowest BCUT2D eigenvalue weighted by molar-refractivity contribution is -0.145. The maximum absolute atomic E-state index is 12.5. The van der Waals surface area contributed by atoms with E-state index in [2.05, 4.69) is 20.2 Å². The number of hydrogen-bond acceptors (Lipinski definition) is 7. The van der Waals surface area contributed by atoms with Crippen molar-refractivity contribution in [2.24, 2.45) is 0 Å². The Balaban J connectivity index is 0.000000390. The van der Waals surface area contributed by atoms with Crippen molar-refractivity contribution in [3.8, 4) is 17.2 Å². The van der Waals surface area contributed by atoms with Gasteiger partial charge in [0.05, 0.1) is 19.5 Å². The summed E-state index contributed by atoms with van der Waals surface area (Å²) in [6.07, 6.45) is -0.312. The summed E-state index contributed by atoms with van der Waals surface area (Å²) >= 11 is 0. The number of carbonyl (C=O) groups excluding carboxylic acids is 1. The molecule has 0 aliphatic carbocycles. The molecule has 1 aromatic heterocycles. The fourth-order valence-electron chi connectivity index (χ4n) is 2.81. The first kappa shape index (κ1) is 25.2. The Morgan fingerprint density at radius 1 is 1.09 bits per heavy atom. The average Bonchev–Trinajstić information content (AvgIpc) is 3.32. The fourth-order valence-corrected chi connectivity index (χ4v) is 2.81. The molecular formula is C21H27F3N4O4. The summed E-state index contributed by atoms with van der Waals surface area (Å²) in [6, 6.07) is 5.39. The summed E-state index contributed by atoms with van der Waals surface area (Å²) < 4.78 is 53.1. The van der Waals surface area contributed by atoms with Crippen molar-refractivity contribution in [3.05, 3.63) is 36.4 Å². The second kappa shape index (κ2) is 12.1. The highest BCUT2D eigenvalue weighted by molar-refractivity contribution is 5.76. The molecule has 1 N–H and O–H groups in total. The normalized spacial score (nSPS) is 13.2. The number of benzene rings is 1. The molecule has 2 heterocycles. The summed E-state index contributed by atoms with van der Waals surface area (Å²) in [5, 5.41) is 2.44. The highest BCUT2D eigenvalue weighted by Crippen LogP contribution is 2.33. The third-order valence-corrected chi connectivity index (χ3v) is 4.41. The van der Waals surface area contributed by atoms with Gasteiger partial charge in [0.2, 0.25) is 11.7 Å². The van der Waals surface area contributed by atoms with Crippen LogP contribution in [0.1, 0.15) is 25.6 Å². The quantitative estimate of drug-likeness (QED) is 0.681. The lowest BCUT2D eigenvalue weighted by Gasteiger charge is -2.19. The third-order valence-electron chi connectivity index (χ3n) is 4.41. The molecule has 0 radical (unpaired) electrons. The zero-order valence-corrected chi connectivity index (χ0v) is 18.2. The Morgan fingerprint density at radius 3 is 2.25 bits per heavy atom. The van der Waals surface area contributed by atoms with Gasteiger partial charge in [0.25, 0.3) is 0 Å². The van der Waals surface area contributed by atoms with Crippen molar-refractivity contribution in [2.75, 3.05) is 45.4 Å². The van der Waals surface area contributed by atoms with Gasteiger partial charge in [-0.15, -0.1) is 0 Å². The van der Waals surface area contributed by atoms with Crippen molar-refractivity contribution >= 4 is 11.6 Å². The number of anilines is 1. The van der Waals surface area contributed by atoms with Crippen LogP contribution in [0, 0.1) is 0 Å². The van der Waals surface area contributed by atoms with E-state index in [0.717, 1.165) is 44.0 Å². The van der Waals surface area contributed by atoms with E-state index in [0.29, 0.717) is 18.1 Å². The standard InChI is InChI=1S/C16H16F3N3O2.C5H11NO2/c1-23-12-6-11(22-4-2-3-5-22)7-13(8-12)24-14-9-20-15(21-10-14)16(17,18)19;1-3-8-4-5(7)6-2/h6-10H,2-5H2,1H3;3-4H2,1-2H3,(H,6,7). The summed E-state index contributed by atoms with van der Waals surface area (Å²) in [6.45, 7) is 4.52. The molecule has 1 aliphatic heterocycles. The molecule has 8 nitrogen and oxygen atoms in total. The number of nitrogens with zero attached hydrogens (tertiary/aromatic N) is 3. The van der Waals surface area contributed by atoms with Gasteiger partial charge in [0.15, 0.2) is 5.75 Å². The van der Waals surface area contributed by atoms with Gasteiger partial charge in [0, 0.05) is 50.6 Å². The van der Waals surface area contributed by atoms with E-state index in [1.807, 2.05) is 19.1 Å². The molecule has 32 heavy (non-hydrogen) atoms. The number of amides is 1. The van der Waals surface area contributed by atoms with Crippen molar-refractivity contribution in [1.82, 2.24) is 15.3 Å². The van der Waals surface area contributed by atoms with Crippen LogP contribution in [0.4, 0.5) is 18.9 Å². The summed E-state index contributed by atoms with van der Waals surface area (Å²) in [4.78, 5) is 19.1. The summed E-state index contributed by atoms with van der Waals surface area (Å²) in [5.74, 6) is -0.0736. The minimum absolute atomic E-state index is 0.0770. The molecule has 1 saturated heterocycles. The van der Waals surface area contributed by atoms with Gasteiger partial charge in [-0.1, -0.05) is 0 Å². The molecule has 1 aliphatic rings. The predicted octanol–water partition coefficient (Wildman–Crippen LogP) is 3.67. The number of likely N-dealkylation sites (N-methyl/N-ethyl adjacent to an activating group) is 1. The van der Waals surface area contributed by atoms with Crippen molar-refractivity contribution in [1.29, 1.82) is 0 Å². The van der Waals surface area contributed by atoms with E-state index < -0.39 is 12.0 Å². The molecule has 3 rings (SSSR count). The molecule has 0 spiro atoms. The van der Waals surface area contributed by atoms with E-state index in [1.165, 1.54) is 0 Å². The predicted molar refractivity (Wildman–Crippen MR) is 112 cm³/mol. The Bertz CT molecular complexity index is 857. The van der Waals surface area contributed by atoms with Crippen LogP contribution in [0.15, 0.2) is 30.6 Å². The monoisotopic (exact) mass is 456 g/mol. The Kier molecular flexibility index (Phi) is 9.51. The Morgan fingerprint density at radius 2 is 1.72 bits per heavy atom. The molecule has 1 amide bonds. The molecular weight excluding hydrogens is 429 g/mol. The number of alkyl halides is 3. The molecule has 176 valence electrons. The average molecular weight is 456 g/mol. The molecule has 1 aromatic carbocycles. The van der Waals surface area contributed by atoms with Crippen LogP contribution in [-0.4, -0.2) is 56.3 Å². The lowest BCUT2D eigenvalue weighted by atomic mass is 10.2. The first-order valence-corrected chi connectivity index (χ1v) is 10.1. The second-order valence-corrected chi connectivity index (χ2v) is 6.71. The number of nitrogens with one attached hydrogen (secondary N) is 1. The topological polar surface area (TPSA) is 85.8 Å². The Labute approximate surface area is 184 Å². The number of rotatable bonds is 7. The number of halogens is 3. The highest BCUT2D eigenvalue weighted by Gasteiger charge is 2.34. The molecule has 0 atom stereocenters. The molecule has 2 aromatic rings. The van der Waals surface area contributed by atoms with E-state index in [-0.39, 0.29) is 18.3 Å². The zero-order chi connectivity index (χ0) is 23.6. The van der Waals surface area contributed by atoms with E-state index in [4.69, 9.17) is 14.2 Å². The number of aromatic nitrogens is 2. The van der Waals surface area contributed by atoms with Crippen LogP contribution in [0.25, 0.3) is 0 Å². The minimum atomic E-state index is -4.57. The maximum atomic E-state index is 12.5. The smallest absolute Gasteiger partial charge is 0.451 e. The van der Waals surface area contributed by atoms with Crippen LogP contribution in [0.5, 0.6) is 17.2 Å². The molecule has 11 heteroatoms. The first-order chi connectivity index (χ1) is 15.3. The van der Waals surface area contributed by atoms with Gasteiger partial charge in [0.1, 0.15) is 18.1 Å². The summed E-state index contributed by atoms with van der Waals surface area (Å²) in [5.41, 5.74) is 0.953. The van der Waals surface area contributed by atoms with Gasteiger partial charge in [-0.05, 0) is 19.8 Å². The van der Waals surface area contributed by atoms with Crippen LogP contribution in [0.3, 0.4) is 0 Å². The largest absolute Gasteiger partial charge is 0.497 e. The number of methoxy groups -OCH3 is 1. The highest BCUT2D eigenvalue weighted by atomic mass is 19.4. The molecule has 1 fully saturated rings. The zero-order valence-electron chi connectivity index (χ0n) is 18.2. The van der Waals surface area contributed by atoms with Crippen LogP contribution < -0.4 is 19.7 Å². The molecule has 0 unspecified atom stereocenters. The van der Waals surface area contributed by atoms with Gasteiger partial charge < -0.3 is 24.4 Å². The second-order valence-electron chi connectivity index (χ2n) is 6.71. The van der Waals surface area contributed by atoms with Gasteiger partial charge >= 0.3 is 6.18 Å². The number of carbonyl (C=O) groups is 1. The van der Waals surface area contributed by atoms with Crippen LogP contribution in [0.2, 0.25) is 0 Å². The molecule has 0 saturated carbocycles. The lowest BCUT2D eigenvalue weighted by Crippen LogP contribution is -2.23. The fraction of sp³-hybridized carbons (Fsp3) is 0.476. The van der Waals surface area contributed by atoms with E-state index in [1.54, 1.807) is 20.2 Å². The van der Waals surface area contributed by atoms with Crippen LogP contribution >= 0.6 is 0 Å². The maximum Gasteiger partial charge on any atom is 0.451 e.